The Morgan fingerprint density at radius 3 is 2.75 bits per heavy atom. The number of rotatable bonds is 4. The maximum Gasteiger partial charge on any atom is 0.242 e. The fourth-order valence-corrected chi connectivity index (χ4v) is 2.54. The normalized spacial score (nSPS) is 30.1. The molecule has 0 aromatic rings. The molecule has 1 amide bonds. The van der Waals surface area contributed by atoms with Crippen molar-refractivity contribution in [1.29, 1.82) is 0 Å². The van der Waals surface area contributed by atoms with E-state index in [0.717, 1.165) is 25.4 Å². The highest BCUT2D eigenvalue weighted by atomic mass is 16.2. The molecule has 92 valence electrons. The Balaban J connectivity index is 1.83. The van der Waals surface area contributed by atoms with Crippen LogP contribution in [0.5, 0.6) is 0 Å². The van der Waals surface area contributed by atoms with Gasteiger partial charge in [-0.1, -0.05) is 12.8 Å². The third-order valence-corrected chi connectivity index (χ3v) is 4.01. The standard InChI is InChI=1S/C13H24N2O/c1-13(8-3-4-9-14-13)12(16)15(2)10-7-11-5-6-11/h11,14H,3-10H2,1-2H3. The van der Waals surface area contributed by atoms with Crippen LogP contribution in [0.4, 0.5) is 0 Å². The fraction of sp³-hybridized carbons (Fsp3) is 0.923. The van der Waals surface area contributed by atoms with Crippen LogP contribution >= 0.6 is 0 Å². The number of hydrogen-bond acceptors (Lipinski definition) is 2. The maximum absolute atomic E-state index is 12.3. The van der Waals surface area contributed by atoms with Crippen molar-refractivity contribution in [3.05, 3.63) is 0 Å². The average Bonchev–Trinajstić information content (AvgIpc) is 3.09. The van der Waals surface area contributed by atoms with E-state index in [2.05, 4.69) is 12.2 Å². The van der Waals surface area contributed by atoms with Crippen molar-refractivity contribution in [1.82, 2.24) is 10.2 Å². The van der Waals surface area contributed by atoms with Gasteiger partial charge in [0.15, 0.2) is 0 Å². The minimum atomic E-state index is -0.295. The monoisotopic (exact) mass is 224 g/mol. The first-order chi connectivity index (χ1) is 7.62. The summed E-state index contributed by atoms with van der Waals surface area (Å²) in [5.41, 5.74) is -0.295. The van der Waals surface area contributed by atoms with E-state index in [1.54, 1.807) is 0 Å². The maximum atomic E-state index is 12.3. The van der Waals surface area contributed by atoms with Crippen LogP contribution in [0.3, 0.4) is 0 Å². The Hall–Kier alpha value is -0.570. The topological polar surface area (TPSA) is 32.3 Å². The summed E-state index contributed by atoms with van der Waals surface area (Å²) in [5.74, 6) is 1.19. The number of nitrogens with zero attached hydrogens (tertiary/aromatic N) is 1. The van der Waals surface area contributed by atoms with Crippen LogP contribution in [0.2, 0.25) is 0 Å². The molecule has 0 aromatic heterocycles. The Bertz CT molecular complexity index is 255. The average molecular weight is 224 g/mol. The molecule has 2 aliphatic rings. The largest absolute Gasteiger partial charge is 0.344 e. The van der Waals surface area contributed by atoms with Crippen LogP contribution in [0.15, 0.2) is 0 Å². The SMILES string of the molecule is CN(CCC1CC1)C(=O)C1(C)CCCCN1. The first kappa shape index (κ1) is 11.9. The number of likely N-dealkylation sites (N-methyl/N-ethyl adjacent to an activating group) is 1. The van der Waals surface area contributed by atoms with Gasteiger partial charge >= 0.3 is 0 Å². The lowest BCUT2D eigenvalue weighted by Crippen LogP contribution is -2.57. The third kappa shape index (κ3) is 2.76. The third-order valence-electron chi connectivity index (χ3n) is 4.01. The van der Waals surface area contributed by atoms with Crippen molar-refractivity contribution in [3.8, 4) is 0 Å². The molecule has 0 radical (unpaired) electrons. The summed E-state index contributed by atoms with van der Waals surface area (Å²) in [6, 6.07) is 0. The van der Waals surface area contributed by atoms with Crippen LogP contribution in [-0.2, 0) is 4.79 Å². The molecular weight excluding hydrogens is 200 g/mol. The number of amides is 1. The molecule has 0 bridgehead atoms. The lowest BCUT2D eigenvalue weighted by molar-refractivity contribution is -0.137. The number of nitrogens with one attached hydrogen (secondary N) is 1. The minimum absolute atomic E-state index is 0.285. The predicted octanol–water partition coefficient (Wildman–Crippen LogP) is 1.78. The zero-order valence-electron chi connectivity index (χ0n) is 10.6. The fourth-order valence-electron chi connectivity index (χ4n) is 2.54. The van der Waals surface area contributed by atoms with Crippen LogP contribution in [0.1, 0.15) is 45.4 Å². The Kier molecular flexibility index (Phi) is 3.53. The van der Waals surface area contributed by atoms with Gasteiger partial charge in [-0.3, -0.25) is 4.79 Å². The van der Waals surface area contributed by atoms with E-state index < -0.39 is 0 Å². The summed E-state index contributed by atoms with van der Waals surface area (Å²) in [5, 5.41) is 3.39. The lowest BCUT2D eigenvalue weighted by Gasteiger charge is -2.36. The lowest BCUT2D eigenvalue weighted by atomic mass is 9.89. The molecule has 2 rings (SSSR count). The van der Waals surface area contributed by atoms with Gasteiger partial charge in [0.1, 0.15) is 0 Å². The summed E-state index contributed by atoms with van der Waals surface area (Å²) in [6.07, 6.45) is 7.30. The highest BCUT2D eigenvalue weighted by Crippen LogP contribution is 2.32. The molecule has 16 heavy (non-hydrogen) atoms. The van der Waals surface area contributed by atoms with E-state index in [9.17, 15) is 4.79 Å². The van der Waals surface area contributed by atoms with Crippen LogP contribution in [0, 0.1) is 5.92 Å². The highest BCUT2D eigenvalue weighted by molar-refractivity contribution is 5.85. The molecule has 1 saturated carbocycles. The van der Waals surface area contributed by atoms with Gasteiger partial charge in [-0.25, -0.2) is 0 Å². The van der Waals surface area contributed by atoms with E-state index in [1.165, 1.54) is 32.1 Å². The molecule has 1 N–H and O–H groups in total. The molecule has 0 aromatic carbocycles. The number of hydrogen-bond donors (Lipinski definition) is 1. The molecule has 1 aliphatic carbocycles. The summed E-state index contributed by atoms with van der Waals surface area (Å²) in [7, 11) is 1.95. The first-order valence-corrected chi connectivity index (χ1v) is 6.62. The molecule has 1 heterocycles. The quantitative estimate of drug-likeness (QED) is 0.789. The van der Waals surface area contributed by atoms with Crippen molar-refractivity contribution < 1.29 is 4.79 Å². The molecule has 1 atom stereocenters. The van der Waals surface area contributed by atoms with Crippen LogP contribution in [-0.4, -0.2) is 36.5 Å². The Morgan fingerprint density at radius 1 is 1.44 bits per heavy atom. The summed E-state index contributed by atoms with van der Waals surface area (Å²) >= 11 is 0. The van der Waals surface area contributed by atoms with E-state index in [-0.39, 0.29) is 11.4 Å². The van der Waals surface area contributed by atoms with Gasteiger partial charge < -0.3 is 10.2 Å². The summed E-state index contributed by atoms with van der Waals surface area (Å²) in [6.45, 7) is 3.97. The Morgan fingerprint density at radius 2 is 2.19 bits per heavy atom. The Labute approximate surface area is 98.6 Å². The zero-order chi connectivity index (χ0) is 11.6. The van der Waals surface area contributed by atoms with Crippen molar-refractivity contribution in [3.63, 3.8) is 0 Å². The molecule has 0 spiro atoms. The van der Waals surface area contributed by atoms with Gasteiger partial charge in [0.05, 0.1) is 5.54 Å². The van der Waals surface area contributed by atoms with Gasteiger partial charge in [-0.2, -0.15) is 0 Å². The molecule has 2 fully saturated rings. The smallest absolute Gasteiger partial charge is 0.242 e. The van der Waals surface area contributed by atoms with E-state index >= 15 is 0 Å². The number of carbonyl (C=O) groups excluding carboxylic acids is 1. The van der Waals surface area contributed by atoms with Gasteiger partial charge in [0.25, 0.3) is 0 Å². The second-order valence-corrected chi connectivity index (χ2v) is 5.67. The molecule has 3 nitrogen and oxygen atoms in total. The zero-order valence-corrected chi connectivity index (χ0v) is 10.6. The van der Waals surface area contributed by atoms with E-state index in [1.807, 2.05) is 11.9 Å². The highest BCUT2D eigenvalue weighted by Gasteiger charge is 2.36. The van der Waals surface area contributed by atoms with Crippen molar-refractivity contribution in [2.24, 2.45) is 5.92 Å². The molecular formula is C13H24N2O. The van der Waals surface area contributed by atoms with Crippen molar-refractivity contribution >= 4 is 5.91 Å². The van der Waals surface area contributed by atoms with Gasteiger partial charge in [-0.05, 0) is 45.1 Å². The summed E-state index contributed by atoms with van der Waals surface area (Å²) in [4.78, 5) is 14.2. The summed E-state index contributed by atoms with van der Waals surface area (Å²) < 4.78 is 0. The first-order valence-electron chi connectivity index (χ1n) is 6.62. The minimum Gasteiger partial charge on any atom is -0.344 e. The molecule has 1 aliphatic heterocycles. The molecule has 1 saturated heterocycles. The number of carbonyl (C=O) groups is 1. The molecule has 3 heteroatoms. The second-order valence-electron chi connectivity index (χ2n) is 5.67. The second kappa shape index (κ2) is 4.74. The van der Waals surface area contributed by atoms with E-state index in [4.69, 9.17) is 0 Å². The van der Waals surface area contributed by atoms with Gasteiger partial charge in [-0.15, -0.1) is 0 Å². The predicted molar refractivity (Wildman–Crippen MR) is 65.2 cm³/mol. The van der Waals surface area contributed by atoms with Crippen LogP contribution in [0.25, 0.3) is 0 Å². The van der Waals surface area contributed by atoms with Crippen molar-refractivity contribution in [2.45, 2.75) is 51.0 Å². The van der Waals surface area contributed by atoms with E-state index in [0.29, 0.717) is 0 Å². The molecule has 1 unspecified atom stereocenters. The number of piperidine rings is 1. The van der Waals surface area contributed by atoms with Gasteiger partial charge in [0.2, 0.25) is 5.91 Å². The van der Waals surface area contributed by atoms with Crippen LogP contribution < -0.4 is 5.32 Å². The van der Waals surface area contributed by atoms with Crippen molar-refractivity contribution in [2.75, 3.05) is 20.1 Å². The van der Waals surface area contributed by atoms with Gasteiger partial charge in [0, 0.05) is 13.6 Å².